The summed E-state index contributed by atoms with van der Waals surface area (Å²) in [4.78, 5) is 50.9. The Morgan fingerprint density at radius 3 is 2.81 bits per heavy atom. The van der Waals surface area contributed by atoms with Crippen LogP contribution in [0.5, 0.6) is 0 Å². The lowest BCUT2D eigenvalue weighted by atomic mass is 10.2. The topological polar surface area (TPSA) is 105 Å². The van der Waals surface area contributed by atoms with Gasteiger partial charge in [-0.1, -0.05) is 0 Å². The molecule has 26 heavy (non-hydrogen) atoms. The summed E-state index contributed by atoms with van der Waals surface area (Å²) >= 11 is 0. The van der Waals surface area contributed by atoms with Crippen LogP contribution in [0.1, 0.15) is 26.2 Å². The molecule has 1 aliphatic carbocycles. The van der Waals surface area contributed by atoms with Crippen molar-refractivity contribution >= 4 is 23.9 Å². The van der Waals surface area contributed by atoms with Gasteiger partial charge >= 0.3 is 18.0 Å². The highest BCUT2D eigenvalue weighted by molar-refractivity contribution is 5.86. The predicted octanol–water partition coefficient (Wildman–Crippen LogP) is -0.255. The fourth-order valence-electron chi connectivity index (χ4n) is 3.43. The van der Waals surface area contributed by atoms with Gasteiger partial charge in [0.2, 0.25) is 0 Å². The van der Waals surface area contributed by atoms with Crippen molar-refractivity contribution in [3.8, 4) is 0 Å². The van der Waals surface area contributed by atoms with Crippen LogP contribution in [0.2, 0.25) is 0 Å². The molecule has 3 aliphatic rings. The smallest absolute Gasteiger partial charge is 0.317 e. The van der Waals surface area contributed by atoms with Crippen molar-refractivity contribution < 1.29 is 28.7 Å². The van der Waals surface area contributed by atoms with Crippen LogP contribution in [-0.2, 0) is 23.9 Å². The van der Waals surface area contributed by atoms with Crippen LogP contribution in [0.4, 0.5) is 4.79 Å². The molecule has 2 heterocycles. The molecule has 9 nitrogen and oxygen atoms in total. The molecule has 0 aromatic rings. The van der Waals surface area contributed by atoms with Crippen LogP contribution in [0, 0.1) is 11.8 Å². The number of hydrogen-bond donors (Lipinski definition) is 1. The third-order valence-corrected chi connectivity index (χ3v) is 5.02. The molecule has 1 saturated carbocycles. The third kappa shape index (κ3) is 4.25. The highest BCUT2D eigenvalue weighted by Gasteiger charge is 2.46. The monoisotopic (exact) mass is 367 g/mol. The van der Waals surface area contributed by atoms with E-state index in [4.69, 9.17) is 9.47 Å². The fraction of sp³-hybridized carbons (Fsp3) is 0.765. The van der Waals surface area contributed by atoms with Gasteiger partial charge in [0.1, 0.15) is 0 Å². The quantitative estimate of drug-likeness (QED) is 0.593. The van der Waals surface area contributed by atoms with Crippen LogP contribution in [0.3, 0.4) is 0 Å². The van der Waals surface area contributed by atoms with Gasteiger partial charge in [0.15, 0.2) is 6.10 Å². The lowest BCUT2D eigenvalue weighted by Crippen LogP contribution is -2.45. The van der Waals surface area contributed by atoms with E-state index in [-0.39, 0.29) is 42.1 Å². The molecule has 3 unspecified atom stereocenters. The molecule has 144 valence electrons. The van der Waals surface area contributed by atoms with Crippen molar-refractivity contribution in [3.05, 3.63) is 0 Å². The second-order valence-electron chi connectivity index (χ2n) is 6.87. The summed E-state index contributed by atoms with van der Waals surface area (Å²) in [6, 6.07) is -0.138. The Hall–Kier alpha value is -2.32. The minimum Gasteiger partial charge on any atom is -0.466 e. The van der Waals surface area contributed by atoms with E-state index >= 15 is 0 Å². The lowest BCUT2D eigenvalue weighted by molar-refractivity contribution is -0.153. The number of cyclic esters (lactones) is 1. The van der Waals surface area contributed by atoms with Crippen molar-refractivity contribution in [1.29, 1.82) is 0 Å². The Morgan fingerprint density at radius 1 is 1.38 bits per heavy atom. The molecule has 3 amide bonds. The molecular formula is C17H25N3O6. The number of carbonyl (C=O) groups excluding carboxylic acids is 4. The molecule has 2 saturated heterocycles. The molecule has 3 rings (SSSR count). The average molecular weight is 367 g/mol. The lowest BCUT2D eigenvalue weighted by Gasteiger charge is -2.27. The van der Waals surface area contributed by atoms with Gasteiger partial charge in [-0.15, -0.1) is 0 Å². The number of ether oxygens (including phenoxy) is 2. The Bertz CT molecular complexity index is 595. The summed E-state index contributed by atoms with van der Waals surface area (Å²) in [5.74, 6) is -0.951. The zero-order chi connectivity index (χ0) is 18.7. The molecule has 1 N–H and O–H groups in total. The number of carbonyl (C=O) groups is 4. The number of amides is 3. The van der Waals surface area contributed by atoms with Crippen LogP contribution < -0.4 is 5.32 Å². The highest BCUT2D eigenvalue weighted by Crippen LogP contribution is 2.40. The van der Waals surface area contributed by atoms with E-state index in [9.17, 15) is 19.2 Å². The van der Waals surface area contributed by atoms with Gasteiger partial charge in [-0.05, 0) is 19.3 Å². The third-order valence-electron chi connectivity index (χ3n) is 5.02. The number of esters is 2. The summed E-state index contributed by atoms with van der Waals surface area (Å²) in [6.07, 6.45) is 0.560. The molecule has 0 spiro atoms. The first-order valence-electron chi connectivity index (χ1n) is 9.17. The van der Waals surface area contributed by atoms with Gasteiger partial charge < -0.3 is 24.6 Å². The first-order chi connectivity index (χ1) is 12.5. The molecule has 0 bridgehead atoms. The van der Waals surface area contributed by atoms with Gasteiger partial charge in [-0.25, -0.2) is 4.79 Å². The number of nitrogens with zero attached hydrogens (tertiary/aromatic N) is 2. The maximum atomic E-state index is 12.8. The van der Waals surface area contributed by atoms with E-state index in [1.54, 1.807) is 16.7 Å². The zero-order valence-corrected chi connectivity index (χ0v) is 14.9. The van der Waals surface area contributed by atoms with Crippen molar-refractivity contribution in [3.63, 3.8) is 0 Å². The van der Waals surface area contributed by atoms with Crippen LogP contribution >= 0.6 is 0 Å². The van der Waals surface area contributed by atoms with Crippen molar-refractivity contribution in [2.24, 2.45) is 11.8 Å². The molecule has 0 radical (unpaired) electrons. The average Bonchev–Trinajstić information content (AvgIpc) is 3.05. The van der Waals surface area contributed by atoms with E-state index in [2.05, 4.69) is 5.32 Å². The van der Waals surface area contributed by atoms with Gasteiger partial charge in [0.05, 0.1) is 12.5 Å². The first kappa shape index (κ1) is 18.5. The fourth-order valence-corrected chi connectivity index (χ4v) is 3.43. The van der Waals surface area contributed by atoms with Crippen LogP contribution in [0.25, 0.3) is 0 Å². The van der Waals surface area contributed by atoms with Crippen LogP contribution in [0.15, 0.2) is 0 Å². The van der Waals surface area contributed by atoms with Gasteiger partial charge in [-0.2, -0.15) is 0 Å². The summed E-state index contributed by atoms with van der Waals surface area (Å²) in [5.41, 5.74) is 0. The highest BCUT2D eigenvalue weighted by atomic mass is 16.6. The second kappa shape index (κ2) is 7.92. The minimum atomic E-state index is -0.755. The van der Waals surface area contributed by atoms with E-state index in [1.165, 1.54) is 0 Å². The van der Waals surface area contributed by atoms with Crippen molar-refractivity contribution in [1.82, 2.24) is 15.1 Å². The molecule has 0 aromatic carbocycles. The van der Waals surface area contributed by atoms with Crippen molar-refractivity contribution in [2.75, 3.05) is 39.3 Å². The van der Waals surface area contributed by atoms with Gasteiger partial charge in [0, 0.05) is 45.6 Å². The summed E-state index contributed by atoms with van der Waals surface area (Å²) in [7, 11) is 0. The normalized spacial score (nSPS) is 27.1. The van der Waals surface area contributed by atoms with Crippen LogP contribution in [-0.4, -0.2) is 79.1 Å². The SMILES string of the molecule is CCOC(=O)C1CC1CN(CCN1CCNC1=O)C(=O)C1CCC(=O)O1. The number of urea groups is 1. The molecule has 9 heteroatoms. The van der Waals surface area contributed by atoms with E-state index < -0.39 is 6.10 Å². The van der Waals surface area contributed by atoms with Gasteiger partial charge in [-0.3, -0.25) is 14.4 Å². The van der Waals surface area contributed by atoms with Crippen molar-refractivity contribution in [2.45, 2.75) is 32.3 Å². The number of nitrogens with one attached hydrogen (secondary N) is 1. The molecule has 3 fully saturated rings. The standard InChI is InChI=1S/C17H25N3O6/c1-2-25-16(23)12-9-11(12)10-20(8-7-19-6-5-18-17(19)24)15(22)13-3-4-14(21)26-13/h11-13H,2-10H2,1H3,(H,18,24). The summed E-state index contributed by atoms with van der Waals surface area (Å²) < 4.78 is 10.1. The van der Waals surface area contributed by atoms with E-state index in [1.807, 2.05) is 0 Å². The molecule has 3 atom stereocenters. The number of hydrogen-bond acceptors (Lipinski definition) is 6. The first-order valence-corrected chi connectivity index (χ1v) is 9.17. The zero-order valence-electron chi connectivity index (χ0n) is 14.9. The van der Waals surface area contributed by atoms with E-state index in [0.29, 0.717) is 52.2 Å². The maximum absolute atomic E-state index is 12.8. The Kier molecular flexibility index (Phi) is 5.63. The maximum Gasteiger partial charge on any atom is 0.317 e. The number of rotatable bonds is 8. The molecular weight excluding hydrogens is 342 g/mol. The Morgan fingerprint density at radius 2 is 2.19 bits per heavy atom. The molecule has 0 aromatic heterocycles. The Balaban J connectivity index is 1.58. The predicted molar refractivity (Wildman–Crippen MR) is 88.9 cm³/mol. The van der Waals surface area contributed by atoms with E-state index in [0.717, 1.165) is 0 Å². The Labute approximate surface area is 152 Å². The minimum absolute atomic E-state index is 0.0579. The van der Waals surface area contributed by atoms with Gasteiger partial charge in [0.25, 0.3) is 5.91 Å². The largest absolute Gasteiger partial charge is 0.466 e. The summed E-state index contributed by atoms with van der Waals surface area (Å²) in [5, 5.41) is 2.73. The second-order valence-corrected chi connectivity index (χ2v) is 6.87. The molecule has 2 aliphatic heterocycles. The summed E-state index contributed by atoms with van der Waals surface area (Å²) in [6.45, 7) is 4.48.